The van der Waals surface area contributed by atoms with Crippen molar-refractivity contribution in [3.8, 4) is 0 Å². The quantitative estimate of drug-likeness (QED) is 0.906. The number of rotatable bonds is 5. The number of aliphatic hydroxyl groups excluding tert-OH is 1. The zero-order valence-corrected chi connectivity index (χ0v) is 14.1. The first-order valence-electron chi connectivity index (χ1n) is 6.25. The monoisotopic (exact) mass is 345 g/mol. The van der Waals surface area contributed by atoms with E-state index in [-0.39, 0.29) is 17.4 Å². The van der Waals surface area contributed by atoms with Gasteiger partial charge in [-0.25, -0.2) is 8.42 Å². The Kier molecular flexibility index (Phi) is 5.06. The molecule has 0 aliphatic carbocycles. The lowest BCUT2D eigenvalue weighted by molar-refractivity contribution is 0.285. The maximum atomic E-state index is 12.5. The molecule has 0 atom stereocenters. The van der Waals surface area contributed by atoms with Crippen molar-refractivity contribution in [1.29, 1.82) is 0 Å². The van der Waals surface area contributed by atoms with Crippen molar-refractivity contribution in [2.75, 3.05) is 7.05 Å². The number of halogens is 1. The van der Waals surface area contributed by atoms with Crippen LogP contribution in [0.15, 0.2) is 34.5 Å². The van der Waals surface area contributed by atoms with Gasteiger partial charge in [0, 0.05) is 23.5 Å². The van der Waals surface area contributed by atoms with Gasteiger partial charge >= 0.3 is 0 Å². The predicted molar refractivity (Wildman–Crippen MR) is 85.1 cm³/mol. The third-order valence-electron chi connectivity index (χ3n) is 3.12. The van der Waals surface area contributed by atoms with Crippen LogP contribution in [-0.2, 0) is 23.2 Å². The number of hydrogen-bond donors (Lipinski definition) is 1. The molecule has 1 N–H and O–H groups in total. The molecular weight excluding hydrogens is 330 g/mol. The lowest BCUT2D eigenvalue weighted by Gasteiger charge is -2.16. The van der Waals surface area contributed by atoms with Crippen LogP contribution in [0.2, 0.25) is 5.02 Å². The highest BCUT2D eigenvalue weighted by atomic mass is 35.5. The molecule has 0 fully saturated rings. The zero-order valence-electron chi connectivity index (χ0n) is 11.7. The molecule has 1 heterocycles. The Bertz CT molecular complexity index is 723. The van der Waals surface area contributed by atoms with E-state index in [1.807, 2.05) is 0 Å². The molecule has 21 heavy (non-hydrogen) atoms. The molecule has 2 aromatic rings. The second-order valence-electron chi connectivity index (χ2n) is 4.72. The molecule has 0 bridgehead atoms. The standard InChI is InChI=1S/C14H16ClNO3S2/c1-10-7-14(20-13(10)9-17)21(18,19)16(2)8-11-3-5-12(15)6-4-11/h3-7,17H,8-9H2,1-2H3. The van der Waals surface area contributed by atoms with Crippen molar-refractivity contribution in [3.63, 3.8) is 0 Å². The number of benzene rings is 1. The molecule has 2 rings (SSSR count). The lowest BCUT2D eigenvalue weighted by atomic mass is 10.2. The van der Waals surface area contributed by atoms with Gasteiger partial charge in [0.05, 0.1) is 6.61 Å². The molecule has 0 aliphatic heterocycles. The van der Waals surface area contributed by atoms with Crippen LogP contribution in [0.5, 0.6) is 0 Å². The highest BCUT2D eigenvalue weighted by Crippen LogP contribution is 2.28. The number of nitrogens with zero attached hydrogens (tertiary/aromatic N) is 1. The second-order valence-corrected chi connectivity index (χ2v) is 8.56. The first-order chi connectivity index (χ1) is 9.84. The van der Waals surface area contributed by atoms with Crippen LogP contribution in [0.1, 0.15) is 16.0 Å². The lowest BCUT2D eigenvalue weighted by Crippen LogP contribution is -2.25. The molecule has 1 aromatic heterocycles. The third kappa shape index (κ3) is 3.64. The summed E-state index contributed by atoms with van der Waals surface area (Å²) in [5.41, 5.74) is 1.65. The van der Waals surface area contributed by atoms with Crippen molar-refractivity contribution < 1.29 is 13.5 Å². The Morgan fingerprint density at radius 2 is 1.90 bits per heavy atom. The van der Waals surface area contributed by atoms with Crippen molar-refractivity contribution in [2.45, 2.75) is 24.3 Å². The molecule has 0 unspecified atom stereocenters. The Hall–Kier alpha value is -0.920. The molecule has 114 valence electrons. The largest absolute Gasteiger partial charge is 0.391 e. The molecule has 7 heteroatoms. The number of thiophene rings is 1. The molecule has 0 saturated heterocycles. The minimum absolute atomic E-state index is 0.146. The zero-order chi connectivity index (χ0) is 15.6. The van der Waals surface area contributed by atoms with Gasteiger partial charge in [0.25, 0.3) is 10.0 Å². The van der Waals surface area contributed by atoms with E-state index in [4.69, 9.17) is 11.6 Å². The number of hydrogen-bond acceptors (Lipinski definition) is 4. The van der Waals surface area contributed by atoms with Crippen LogP contribution in [0.25, 0.3) is 0 Å². The predicted octanol–water partition coefficient (Wildman–Crippen LogP) is 3.02. The van der Waals surface area contributed by atoms with Gasteiger partial charge in [-0.15, -0.1) is 11.3 Å². The first-order valence-corrected chi connectivity index (χ1v) is 8.89. The summed E-state index contributed by atoms with van der Waals surface area (Å²) in [5, 5.41) is 9.80. The topological polar surface area (TPSA) is 57.6 Å². The first kappa shape index (κ1) is 16.5. The summed E-state index contributed by atoms with van der Waals surface area (Å²) in [6, 6.07) is 8.66. The fourth-order valence-corrected chi connectivity index (χ4v) is 4.80. The minimum Gasteiger partial charge on any atom is -0.391 e. The highest BCUT2D eigenvalue weighted by Gasteiger charge is 2.24. The summed E-state index contributed by atoms with van der Waals surface area (Å²) >= 11 is 6.92. The van der Waals surface area contributed by atoms with E-state index in [1.54, 1.807) is 37.3 Å². The van der Waals surface area contributed by atoms with E-state index in [1.165, 1.54) is 11.4 Å². The Balaban J connectivity index is 2.23. The van der Waals surface area contributed by atoms with Crippen LogP contribution >= 0.6 is 22.9 Å². The summed E-state index contributed by atoms with van der Waals surface area (Å²) < 4.78 is 26.6. The summed E-state index contributed by atoms with van der Waals surface area (Å²) in [4.78, 5) is 0.675. The molecular formula is C14H16ClNO3S2. The van der Waals surface area contributed by atoms with Crippen molar-refractivity contribution in [1.82, 2.24) is 4.31 Å². The van der Waals surface area contributed by atoms with Crippen LogP contribution in [0.3, 0.4) is 0 Å². The van der Waals surface area contributed by atoms with Crippen molar-refractivity contribution >= 4 is 33.0 Å². The molecule has 0 aliphatic rings. The van der Waals surface area contributed by atoms with Gasteiger partial charge in [0.15, 0.2) is 0 Å². The van der Waals surface area contributed by atoms with E-state index in [9.17, 15) is 13.5 Å². The van der Waals surface area contributed by atoms with Crippen molar-refractivity contribution in [3.05, 3.63) is 51.4 Å². The van der Waals surface area contributed by atoms with Crippen molar-refractivity contribution in [2.24, 2.45) is 0 Å². The Morgan fingerprint density at radius 1 is 1.29 bits per heavy atom. The summed E-state index contributed by atoms with van der Waals surface area (Å²) in [7, 11) is -2.01. The fourth-order valence-electron chi connectivity index (χ4n) is 1.86. The Labute approximate surface area is 133 Å². The van der Waals surface area contributed by atoms with Gasteiger partial charge in [-0.05, 0) is 36.2 Å². The molecule has 0 radical (unpaired) electrons. The normalized spacial score (nSPS) is 12.0. The molecule has 4 nitrogen and oxygen atoms in total. The number of sulfonamides is 1. The van der Waals surface area contributed by atoms with E-state index in [2.05, 4.69) is 0 Å². The summed E-state index contributed by atoms with van der Waals surface area (Å²) in [6.07, 6.45) is 0. The second kappa shape index (κ2) is 6.46. The smallest absolute Gasteiger partial charge is 0.252 e. The SMILES string of the molecule is Cc1cc(S(=O)(=O)N(C)Cc2ccc(Cl)cc2)sc1CO. The van der Waals surface area contributed by atoms with Crippen LogP contribution in [0.4, 0.5) is 0 Å². The summed E-state index contributed by atoms with van der Waals surface area (Å²) in [6.45, 7) is 1.91. The van der Waals surface area contributed by atoms with Gasteiger partial charge in [0.1, 0.15) is 4.21 Å². The maximum Gasteiger partial charge on any atom is 0.252 e. The third-order valence-corrected chi connectivity index (χ3v) is 6.85. The number of aliphatic hydroxyl groups is 1. The molecule has 0 spiro atoms. The fraction of sp³-hybridized carbons (Fsp3) is 0.286. The van der Waals surface area contributed by atoms with Gasteiger partial charge in [-0.2, -0.15) is 4.31 Å². The Morgan fingerprint density at radius 3 is 2.43 bits per heavy atom. The van der Waals surface area contributed by atoms with Crippen LogP contribution in [-0.4, -0.2) is 24.9 Å². The average molecular weight is 346 g/mol. The molecule has 0 saturated carbocycles. The van der Waals surface area contributed by atoms with E-state index in [0.29, 0.717) is 9.90 Å². The van der Waals surface area contributed by atoms with E-state index < -0.39 is 10.0 Å². The van der Waals surface area contributed by atoms with Gasteiger partial charge in [0.2, 0.25) is 0 Å². The van der Waals surface area contributed by atoms with Crippen LogP contribution in [0, 0.1) is 6.92 Å². The van der Waals surface area contributed by atoms with E-state index in [0.717, 1.165) is 22.5 Å². The molecule has 1 aromatic carbocycles. The average Bonchev–Trinajstić information content (AvgIpc) is 2.83. The molecule has 0 amide bonds. The summed E-state index contributed by atoms with van der Waals surface area (Å²) in [5.74, 6) is 0. The maximum absolute atomic E-state index is 12.5. The van der Waals surface area contributed by atoms with Gasteiger partial charge < -0.3 is 5.11 Å². The van der Waals surface area contributed by atoms with Crippen LogP contribution < -0.4 is 0 Å². The van der Waals surface area contributed by atoms with Gasteiger partial charge in [-0.1, -0.05) is 23.7 Å². The number of aryl methyl sites for hydroxylation is 1. The highest BCUT2D eigenvalue weighted by molar-refractivity contribution is 7.91. The minimum atomic E-state index is -3.55. The van der Waals surface area contributed by atoms with Gasteiger partial charge in [-0.3, -0.25) is 0 Å². The van der Waals surface area contributed by atoms with E-state index >= 15 is 0 Å².